The van der Waals surface area contributed by atoms with Crippen LogP contribution in [0.25, 0.3) is 5.69 Å². The van der Waals surface area contributed by atoms with Gasteiger partial charge < -0.3 is 0 Å². The highest BCUT2D eigenvalue weighted by atomic mass is 35.5. The molecule has 0 atom stereocenters. The van der Waals surface area contributed by atoms with E-state index in [-0.39, 0.29) is 0 Å². The molecule has 0 bridgehead atoms. The molecule has 1 heterocycles. The van der Waals surface area contributed by atoms with E-state index in [2.05, 4.69) is 22.8 Å². The molecule has 0 aliphatic rings. The van der Waals surface area contributed by atoms with Gasteiger partial charge in [-0.2, -0.15) is 0 Å². The van der Waals surface area contributed by atoms with Crippen molar-refractivity contribution in [2.24, 2.45) is 0 Å². The Bertz CT molecular complexity index is 447. The SMILES string of the molecule is Cc1nnc(S)n1-c1ccccc1Cl. The molecule has 3 nitrogen and oxygen atoms in total. The third-order valence-electron chi connectivity index (χ3n) is 1.90. The van der Waals surface area contributed by atoms with Gasteiger partial charge in [0, 0.05) is 0 Å². The summed E-state index contributed by atoms with van der Waals surface area (Å²) in [7, 11) is 0. The van der Waals surface area contributed by atoms with Crippen molar-refractivity contribution in [2.75, 3.05) is 0 Å². The molecule has 5 heteroatoms. The molecule has 0 aliphatic carbocycles. The zero-order valence-electron chi connectivity index (χ0n) is 7.48. The normalized spacial score (nSPS) is 10.5. The number of aryl methyl sites for hydroxylation is 1. The maximum absolute atomic E-state index is 6.05. The highest BCUT2D eigenvalue weighted by molar-refractivity contribution is 7.80. The molecule has 2 aromatic rings. The average molecular weight is 226 g/mol. The molecule has 0 N–H and O–H groups in total. The van der Waals surface area contributed by atoms with Gasteiger partial charge in [0.2, 0.25) is 0 Å². The van der Waals surface area contributed by atoms with E-state index in [0.29, 0.717) is 10.2 Å². The summed E-state index contributed by atoms with van der Waals surface area (Å²) >= 11 is 10.3. The van der Waals surface area contributed by atoms with Crippen molar-refractivity contribution in [2.45, 2.75) is 12.1 Å². The molecule has 0 amide bonds. The monoisotopic (exact) mass is 225 g/mol. The van der Waals surface area contributed by atoms with Gasteiger partial charge in [-0.1, -0.05) is 23.7 Å². The maximum Gasteiger partial charge on any atom is 0.192 e. The molecular weight excluding hydrogens is 218 g/mol. The van der Waals surface area contributed by atoms with Gasteiger partial charge in [-0.3, -0.25) is 4.57 Å². The average Bonchev–Trinajstić information content (AvgIpc) is 2.48. The van der Waals surface area contributed by atoms with E-state index < -0.39 is 0 Å². The van der Waals surface area contributed by atoms with Crippen LogP contribution in [0.2, 0.25) is 5.02 Å². The fourth-order valence-electron chi connectivity index (χ4n) is 1.27. The van der Waals surface area contributed by atoms with Crippen molar-refractivity contribution in [3.05, 3.63) is 35.1 Å². The minimum atomic E-state index is 0.538. The van der Waals surface area contributed by atoms with E-state index in [1.807, 2.05) is 31.2 Å². The predicted molar refractivity (Wildman–Crippen MR) is 58.4 cm³/mol. The number of rotatable bonds is 1. The number of para-hydroxylation sites is 1. The molecule has 1 aromatic carbocycles. The van der Waals surface area contributed by atoms with Crippen LogP contribution in [0, 0.1) is 6.92 Å². The van der Waals surface area contributed by atoms with Crippen molar-refractivity contribution >= 4 is 24.2 Å². The highest BCUT2D eigenvalue weighted by Crippen LogP contribution is 2.23. The van der Waals surface area contributed by atoms with Crippen LogP contribution in [0.15, 0.2) is 29.4 Å². The molecule has 0 aliphatic heterocycles. The fourth-order valence-corrected chi connectivity index (χ4v) is 1.78. The van der Waals surface area contributed by atoms with E-state index in [0.717, 1.165) is 11.5 Å². The third kappa shape index (κ3) is 1.51. The van der Waals surface area contributed by atoms with Crippen LogP contribution in [0.4, 0.5) is 0 Å². The van der Waals surface area contributed by atoms with Gasteiger partial charge in [-0.25, -0.2) is 0 Å². The van der Waals surface area contributed by atoms with E-state index in [1.54, 1.807) is 4.57 Å². The van der Waals surface area contributed by atoms with Gasteiger partial charge in [0.25, 0.3) is 0 Å². The topological polar surface area (TPSA) is 30.7 Å². The second kappa shape index (κ2) is 3.63. The Balaban J connectivity index is 2.66. The number of benzene rings is 1. The summed E-state index contributed by atoms with van der Waals surface area (Å²) in [4.78, 5) is 0. The lowest BCUT2D eigenvalue weighted by molar-refractivity contribution is 0.874. The number of hydrogen-bond donors (Lipinski definition) is 1. The standard InChI is InChI=1S/C9H8ClN3S/c1-6-11-12-9(14)13(6)8-5-3-2-4-7(8)10/h2-5H,1H3,(H,12,14). The molecule has 0 fully saturated rings. The van der Waals surface area contributed by atoms with Gasteiger partial charge in [0.1, 0.15) is 5.82 Å². The summed E-state index contributed by atoms with van der Waals surface area (Å²) in [5.74, 6) is 0.767. The zero-order valence-corrected chi connectivity index (χ0v) is 9.13. The first-order valence-corrected chi connectivity index (χ1v) is 4.88. The van der Waals surface area contributed by atoms with Crippen LogP contribution in [0.5, 0.6) is 0 Å². The number of aromatic nitrogens is 3. The minimum absolute atomic E-state index is 0.538. The van der Waals surface area contributed by atoms with E-state index >= 15 is 0 Å². The maximum atomic E-state index is 6.05. The Hall–Kier alpha value is -1.00. The largest absolute Gasteiger partial charge is 0.273 e. The molecule has 0 saturated heterocycles. The van der Waals surface area contributed by atoms with Crippen molar-refractivity contribution in [3.8, 4) is 5.69 Å². The molecule has 0 saturated carbocycles. The van der Waals surface area contributed by atoms with Gasteiger partial charge in [-0.05, 0) is 19.1 Å². The Morgan fingerprint density at radius 2 is 2.00 bits per heavy atom. The first kappa shape index (κ1) is 9.55. The summed E-state index contributed by atoms with van der Waals surface area (Å²) in [5, 5.41) is 8.96. The summed E-state index contributed by atoms with van der Waals surface area (Å²) in [6.45, 7) is 1.86. The number of nitrogens with zero attached hydrogens (tertiary/aromatic N) is 3. The summed E-state index contributed by atoms with van der Waals surface area (Å²) in [6.07, 6.45) is 0. The van der Waals surface area contributed by atoms with E-state index in [4.69, 9.17) is 11.6 Å². The van der Waals surface area contributed by atoms with Gasteiger partial charge in [-0.15, -0.1) is 22.8 Å². The van der Waals surface area contributed by atoms with Crippen LogP contribution < -0.4 is 0 Å². The molecule has 14 heavy (non-hydrogen) atoms. The lowest BCUT2D eigenvalue weighted by atomic mass is 10.3. The van der Waals surface area contributed by atoms with Gasteiger partial charge in [0.15, 0.2) is 5.16 Å². The Labute approximate surface area is 92.1 Å². The van der Waals surface area contributed by atoms with Crippen molar-refractivity contribution in [1.82, 2.24) is 14.8 Å². The van der Waals surface area contributed by atoms with Gasteiger partial charge >= 0.3 is 0 Å². The highest BCUT2D eigenvalue weighted by Gasteiger charge is 2.09. The summed E-state index contributed by atoms with van der Waals surface area (Å²) in [5.41, 5.74) is 0.849. The van der Waals surface area contributed by atoms with Crippen LogP contribution in [-0.2, 0) is 0 Å². The van der Waals surface area contributed by atoms with E-state index in [9.17, 15) is 0 Å². The van der Waals surface area contributed by atoms with E-state index in [1.165, 1.54) is 0 Å². The Kier molecular flexibility index (Phi) is 2.48. The lowest BCUT2D eigenvalue weighted by Gasteiger charge is -2.06. The molecule has 0 unspecified atom stereocenters. The molecular formula is C9H8ClN3S. The minimum Gasteiger partial charge on any atom is -0.273 e. The Morgan fingerprint density at radius 3 is 2.57 bits per heavy atom. The fraction of sp³-hybridized carbons (Fsp3) is 0.111. The molecule has 2 rings (SSSR count). The van der Waals surface area contributed by atoms with Crippen LogP contribution in [0.3, 0.4) is 0 Å². The molecule has 0 spiro atoms. The van der Waals surface area contributed by atoms with Crippen LogP contribution in [0.1, 0.15) is 5.82 Å². The van der Waals surface area contributed by atoms with Crippen molar-refractivity contribution in [1.29, 1.82) is 0 Å². The third-order valence-corrected chi connectivity index (χ3v) is 2.51. The van der Waals surface area contributed by atoms with Gasteiger partial charge in [0.05, 0.1) is 10.7 Å². The molecule has 72 valence electrons. The van der Waals surface area contributed by atoms with Crippen LogP contribution in [-0.4, -0.2) is 14.8 Å². The summed E-state index contributed by atoms with van der Waals surface area (Å²) < 4.78 is 1.80. The van der Waals surface area contributed by atoms with Crippen molar-refractivity contribution < 1.29 is 0 Å². The second-order valence-corrected chi connectivity index (χ2v) is 3.64. The zero-order chi connectivity index (χ0) is 10.1. The summed E-state index contributed by atoms with van der Waals surface area (Å²) in [6, 6.07) is 7.51. The molecule has 1 aromatic heterocycles. The smallest absolute Gasteiger partial charge is 0.192 e. The second-order valence-electron chi connectivity index (χ2n) is 2.83. The predicted octanol–water partition coefficient (Wildman–Crippen LogP) is 2.52. The number of hydrogen-bond acceptors (Lipinski definition) is 3. The lowest BCUT2D eigenvalue weighted by Crippen LogP contribution is -1.98. The Morgan fingerprint density at radius 1 is 1.29 bits per heavy atom. The number of halogens is 1. The molecule has 0 radical (unpaired) electrons. The van der Waals surface area contributed by atoms with Crippen LogP contribution >= 0.6 is 24.2 Å². The first-order valence-electron chi connectivity index (χ1n) is 4.06. The quantitative estimate of drug-likeness (QED) is 0.757. The first-order chi connectivity index (χ1) is 6.70. The number of thiol groups is 1. The van der Waals surface area contributed by atoms with Crippen molar-refractivity contribution in [3.63, 3.8) is 0 Å².